The Kier molecular flexibility index (Phi) is 4.83. The first kappa shape index (κ1) is 16.7. The number of hydrogen-bond donors (Lipinski definition) is 1. The Morgan fingerprint density at radius 3 is 2.39 bits per heavy atom. The van der Waals surface area contributed by atoms with Crippen molar-refractivity contribution in [3.05, 3.63) is 53.9 Å². The number of benzene rings is 1. The number of halogens is 3. The van der Waals surface area contributed by atoms with E-state index in [0.717, 1.165) is 12.3 Å². The van der Waals surface area contributed by atoms with Crippen LogP contribution in [-0.2, 0) is 11.0 Å². The summed E-state index contributed by atoms with van der Waals surface area (Å²) >= 11 is 0. The lowest BCUT2D eigenvalue weighted by Crippen LogP contribution is -2.33. The summed E-state index contributed by atoms with van der Waals surface area (Å²) in [7, 11) is 3.12. The van der Waals surface area contributed by atoms with Crippen LogP contribution in [0, 0.1) is 0 Å². The summed E-state index contributed by atoms with van der Waals surface area (Å²) in [5, 5.41) is 2.68. The average Bonchev–Trinajstić information content (AvgIpc) is 2.52. The molecule has 23 heavy (non-hydrogen) atoms. The monoisotopic (exact) mass is 324 g/mol. The van der Waals surface area contributed by atoms with Gasteiger partial charge in [-0.3, -0.25) is 4.79 Å². The van der Waals surface area contributed by atoms with Crippen molar-refractivity contribution in [2.45, 2.75) is 12.2 Å². The summed E-state index contributed by atoms with van der Waals surface area (Å²) < 4.78 is 38.2. The van der Waals surface area contributed by atoms with E-state index in [2.05, 4.69) is 15.3 Å². The number of likely N-dealkylation sites (N-methyl/N-ethyl adjacent to an activating group) is 1. The van der Waals surface area contributed by atoms with Crippen molar-refractivity contribution >= 4 is 11.9 Å². The summed E-state index contributed by atoms with van der Waals surface area (Å²) in [5.41, 5.74) is -0.466. The minimum atomic E-state index is -4.58. The van der Waals surface area contributed by atoms with Crippen molar-refractivity contribution in [3.63, 3.8) is 0 Å². The summed E-state index contributed by atoms with van der Waals surface area (Å²) in [6.45, 7) is 0. The molecule has 122 valence electrons. The van der Waals surface area contributed by atoms with Gasteiger partial charge in [0.25, 0.3) is 0 Å². The first-order chi connectivity index (χ1) is 10.8. The Morgan fingerprint density at radius 1 is 1.17 bits per heavy atom. The number of carbonyl (C=O) groups is 1. The summed E-state index contributed by atoms with van der Waals surface area (Å²) in [5.74, 6) is -0.582. The lowest BCUT2D eigenvalue weighted by molar-refractivity contribution is -0.141. The maximum absolute atomic E-state index is 12.7. The molecule has 0 aliphatic rings. The van der Waals surface area contributed by atoms with Gasteiger partial charge in [-0.1, -0.05) is 30.3 Å². The van der Waals surface area contributed by atoms with E-state index in [-0.39, 0.29) is 11.9 Å². The van der Waals surface area contributed by atoms with Crippen LogP contribution in [0.15, 0.2) is 42.6 Å². The predicted octanol–water partition coefficient (Wildman–Crippen LogP) is 2.74. The SMILES string of the molecule is CN(C)C(=O)[C@H](Nc1nccc(C(F)(F)F)n1)c1ccccc1. The van der Waals surface area contributed by atoms with Crippen LogP contribution < -0.4 is 5.32 Å². The van der Waals surface area contributed by atoms with Crippen molar-refractivity contribution in [3.8, 4) is 0 Å². The van der Waals surface area contributed by atoms with Gasteiger partial charge in [0.1, 0.15) is 11.7 Å². The second-order valence-corrected chi connectivity index (χ2v) is 4.98. The Bertz CT molecular complexity index is 674. The second-order valence-electron chi connectivity index (χ2n) is 4.98. The molecule has 5 nitrogen and oxygen atoms in total. The normalized spacial score (nSPS) is 12.6. The number of rotatable bonds is 4. The van der Waals surface area contributed by atoms with Gasteiger partial charge in [-0.2, -0.15) is 13.2 Å². The van der Waals surface area contributed by atoms with Gasteiger partial charge in [0.05, 0.1) is 0 Å². The van der Waals surface area contributed by atoms with Crippen LogP contribution in [0.4, 0.5) is 19.1 Å². The largest absolute Gasteiger partial charge is 0.433 e. The number of amides is 1. The van der Waals surface area contributed by atoms with Crippen LogP contribution in [0.5, 0.6) is 0 Å². The number of carbonyl (C=O) groups excluding carboxylic acids is 1. The molecule has 1 heterocycles. The zero-order chi connectivity index (χ0) is 17.0. The van der Waals surface area contributed by atoms with Gasteiger partial charge in [-0.25, -0.2) is 9.97 Å². The van der Waals surface area contributed by atoms with E-state index in [1.165, 1.54) is 4.90 Å². The highest BCUT2D eigenvalue weighted by Gasteiger charge is 2.33. The summed E-state index contributed by atoms with van der Waals surface area (Å²) in [6, 6.07) is 8.55. The fraction of sp³-hybridized carbons (Fsp3) is 0.267. The van der Waals surface area contributed by atoms with Crippen LogP contribution in [0.25, 0.3) is 0 Å². The van der Waals surface area contributed by atoms with Gasteiger partial charge >= 0.3 is 6.18 Å². The van der Waals surface area contributed by atoms with Crippen molar-refractivity contribution in [2.75, 3.05) is 19.4 Å². The topological polar surface area (TPSA) is 58.1 Å². The van der Waals surface area contributed by atoms with Crippen molar-refractivity contribution in [1.82, 2.24) is 14.9 Å². The van der Waals surface area contributed by atoms with Crippen LogP contribution in [-0.4, -0.2) is 34.9 Å². The quantitative estimate of drug-likeness (QED) is 0.939. The van der Waals surface area contributed by atoms with Crippen molar-refractivity contribution in [1.29, 1.82) is 0 Å². The molecule has 0 spiro atoms. The summed E-state index contributed by atoms with van der Waals surface area (Å²) in [6.07, 6.45) is -3.58. The highest BCUT2D eigenvalue weighted by Crippen LogP contribution is 2.28. The van der Waals surface area contributed by atoms with Gasteiger partial charge in [0.15, 0.2) is 0 Å². The van der Waals surface area contributed by atoms with Crippen LogP contribution >= 0.6 is 0 Å². The molecule has 0 aliphatic carbocycles. The van der Waals surface area contributed by atoms with E-state index >= 15 is 0 Å². The van der Waals surface area contributed by atoms with E-state index < -0.39 is 17.9 Å². The number of alkyl halides is 3. The van der Waals surface area contributed by atoms with Crippen LogP contribution in [0.3, 0.4) is 0 Å². The molecule has 0 saturated carbocycles. The maximum atomic E-state index is 12.7. The standard InChI is InChI=1S/C15H15F3N4O/c1-22(2)13(23)12(10-6-4-3-5-7-10)21-14-19-9-8-11(20-14)15(16,17)18/h3-9,12H,1-2H3,(H,19,20,21)/t12-/m1/s1. The molecule has 1 amide bonds. The van der Waals surface area contributed by atoms with Gasteiger partial charge in [-0.05, 0) is 11.6 Å². The molecule has 0 fully saturated rings. The number of nitrogens with zero attached hydrogens (tertiary/aromatic N) is 3. The third-order valence-electron chi connectivity index (χ3n) is 3.04. The van der Waals surface area contributed by atoms with Gasteiger partial charge in [-0.15, -0.1) is 0 Å². The first-order valence-corrected chi connectivity index (χ1v) is 6.72. The van der Waals surface area contributed by atoms with Crippen LogP contribution in [0.2, 0.25) is 0 Å². The number of hydrogen-bond acceptors (Lipinski definition) is 4. The molecular formula is C15H15F3N4O. The van der Waals surface area contributed by atoms with E-state index in [0.29, 0.717) is 5.56 Å². The molecule has 0 saturated heterocycles. The van der Waals surface area contributed by atoms with Crippen molar-refractivity contribution < 1.29 is 18.0 Å². The first-order valence-electron chi connectivity index (χ1n) is 6.72. The fourth-order valence-electron chi connectivity index (χ4n) is 1.91. The molecule has 1 N–H and O–H groups in total. The lowest BCUT2D eigenvalue weighted by Gasteiger charge is -2.22. The Balaban J connectivity index is 2.34. The average molecular weight is 324 g/mol. The Hall–Kier alpha value is -2.64. The predicted molar refractivity (Wildman–Crippen MR) is 78.5 cm³/mol. The molecule has 8 heteroatoms. The van der Waals surface area contributed by atoms with E-state index in [1.54, 1.807) is 44.4 Å². The lowest BCUT2D eigenvalue weighted by atomic mass is 10.1. The zero-order valence-corrected chi connectivity index (χ0v) is 12.5. The molecular weight excluding hydrogens is 309 g/mol. The number of anilines is 1. The maximum Gasteiger partial charge on any atom is 0.433 e. The van der Waals surface area contributed by atoms with Crippen molar-refractivity contribution in [2.24, 2.45) is 0 Å². The fourth-order valence-corrected chi connectivity index (χ4v) is 1.91. The Labute approximate surface area is 131 Å². The molecule has 1 atom stereocenters. The third-order valence-corrected chi connectivity index (χ3v) is 3.04. The zero-order valence-electron chi connectivity index (χ0n) is 12.5. The molecule has 1 aromatic carbocycles. The third kappa shape index (κ3) is 4.18. The minimum absolute atomic E-state index is 0.260. The highest BCUT2D eigenvalue weighted by atomic mass is 19.4. The molecule has 0 unspecified atom stereocenters. The molecule has 1 aromatic heterocycles. The Morgan fingerprint density at radius 2 is 1.83 bits per heavy atom. The number of nitrogens with one attached hydrogen (secondary N) is 1. The van der Waals surface area contributed by atoms with E-state index in [4.69, 9.17) is 0 Å². The summed E-state index contributed by atoms with van der Waals surface area (Å²) in [4.78, 5) is 20.9. The molecule has 0 bridgehead atoms. The van der Waals surface area contributed by atoms with E-state index in [9.17, 15) is 18.0 Å². The minimum Gasteiger partial charge on any atom is -0.347 e. The second kappa shape index (κ2) is 6.64. The van der Waals surface area contributed by atoms with Gasteiger partial charge in [0.2, 0.25) is 11.9 Å². The molecule has 0 radical (unpaired) electrons. The van der Waals surface area contributed by atoms with Gasteiger partial charge < -0.3 is 10.2 Å². The highest BCUT2D eigenvalue weighted by molar-refractivity contribution is 5.85. The molecule has 0 aliphatic heterocycles. The van der Waals surface area contributed by atoms with E-state index in [1.807, 2.05) is 0 Å². The molecule has 2 rings (SSSR count). The smallest absolute Gasteiger partial charge is 0.347 e. The molecule has 2 aromatic rings. The number of aromatic nitrogens is 2. The van der Waals surface area contributed by atoms with Crippen LogP contribution in [0.1, 0.15) is 17.3 Å². The van der Waals surface area contributed by atoms with Gasteiger partial charge in [0, 0.05) is 20.3 Å².